The lowest BCUT2D eigenvalue weighted by Crippen LogP contribution is -2.31. The quantitative estimate of drug-likeness (QED) is 0.767. The van der Waals surface area contributed by atoms with Crippen LogP contribution in [-0.4, -0.2) is 33.2 Å². The Morgan fingerprint density at radius 1 is 1.39 bits per heavy atom. The molecule has 0 aliphatic rings. The Bertz CT molecular complexity index is 514. The van der Waals surface area contributed by atoms with E-state index in [1.54, 1.807) is 24.3 Å². The molecule has 1 aromatic carbocycles. The number of hydrogen-bond donors (Lipinski definition) is 2. The van der Waals surface area contributed by atoms with Gasteiger partial charge in [0.15, 0.2) is 0 Å². The summed E-state index contributed by atoms with van der Waals surface area (Å²) >= 11 is 0. The summed E-state index contributed by atoms with van der Waals surface area (Å²) in [6.45, 7) is 2.23. The maximum Gasteiger partial charge on any atom is 0.255 e. The number of nitrogens with two attached hydrogens (primary N) is 1. The SMILES string of the molecule is CCOc1ccccc1C(=O)NCCS(N)(=O)=O. The molecule has 0 saturated carbocycles. The maximum atomic E-state index is 11.8. The van der Waals surface area contributed by atoms with Crippen LogP contribution in [0.5, 0.6) is 5.75 Å². The zero-order valence-electron chi connectivity index (χ0n) is 10.0. The normalized spacial score (nSPS) is 11.0. The number of ether oxygens (including phenoxy) is 1. The zero-order chi connectivity index (χ0) is 13.6. The lowest BCUT2D eigenvalue weighted by atomic mass is 10.2. The number of sulfonamides is 1. The van der Waals surface area contributed by atoms with E-state index in [0.717, 1.165) is 0 Å². The van der Waals surface area contributed by atoms with Crippen LogP contribution < -0.4 is 15.2 Å². The molecule has 0 spiro atoms. The van der Waals surface area contributed by atoms with Crippen molar-refractivity contribution in [3.63, 3.8) is 0 Å². The van der Waals surface area contributed by atoms with Crippen molar-refractivity contribution in [1.82, 2.24) is 5.32 Å². The largest absolute Gasteiger partial charge is 0.493 e. The number of para-hydroxylation sites is 1. The first-order valence-corrected chi connectivity index (χ1v) is 7.16. The van der Waals surface area contributed by atoms with E-state index in [1.165, 1.54) is 0 Å². The third-order valence-electron chi connectivity index (χ3n) is 2.10. The van der Waals surface area contributed by atoms with Gasteiger partial charge in [0.1, 0.15) is 5.75 Å². The maximum absolute atomic E-state index is 11.8. The first-order chi connectivity index (χ1) is 8.44. The molecule has 1 rings (SSSR count). The minimum Gasteiger partial charge on any atom is -0.493 e. The van der Waals surface area contributed by atoms with Crippen molar-refractivity contribution >= 4 is 15.9 Å². The van der Waals surface area contributed by atoms with Gasteiger partial charge in [0.25, 0.3) is 5.91 Å². The number of rotatable bonds is 6. The van der Waals surface area contributed by atoms with Gasteiger partial charge in [-0.25, -0.2) is 13.6 Å². The molecule has 1 aromatic rings. The van der Waals surface area contributed by atoms with Crippen LogP contribution in [0.25, 0.3) is 0 Å². The van der Waals surface area contributed by atoms with E-state index in [2.05, 4.69) is 5.32 Å². The summed E-state index contributed by atoms with van der Waals surface area (Å²) in [4.78, 5) is 11.8. The smallest absolute Gasteiger partial charge is 0.255 e. The summed E-state index contributed by atoms with van der Waals surface area (Å²) < 4.78 is 26.7. The van der Waals surface area contributed by atoms with Crippen molar-refractivity contribution in [2.24, 2.45) is 5.14 Å². The highest BCUT2D eigenvalue weighted by Gasteiger charge is 2.12. The van der Waals surface area contributed by atoms with Crippen LogP contribution in [0.1, 0.15) is 17.3 Å². The molecule has 0 saturated heterocycles. The van der Waals surface area contributed by atoms with E-state index in [4.69, 9.17) is 9.88 Å². The Hall–Kier alpha value is -1.60. The van der Waals surface area contributed by atoms with Crippen molar-refractivity contribution in [3.8, 4) is 5.75 Å². The van der Waals surface area contributed by atoms with Gasteiger partial charge >= 0.3 is 0 Å². The summed E-state index contributed by atoms with van der Waals surface area (Å²) in [5, 5.41) is 7.31. The van der Waals surface area contributed by atoms with Gasteiger partial charge in [-0.15, -0.1) is 0 Å². The average molecular weight is 272 g/mol. The lowest BCUT2D eigenvalue weighted by molar-refractivity contribution is 0.0952. The first-order valence-electron chi connectivity index (χ1n) is 5.44. The molecule has 1 amide bonds. The highest BCUT2D eigenvalue weighted by Crippen LogP contribution is 2.17. The predicted molar refractivity (Wildman–Crippen MR) is 67.9 cm³/mol. The van der Waals surface area contributed by atoms with E-state index in [9.17, 15) is 13.2 Å². The molecular formula is C11H16N2O4S. The molecule has 0 heterocycles. The molecule has 18 heavy (non-hydrogen) atoms. The van der Waals surface area contributed by atoms with Crippen LogP contribution in [-0.2, 0) is 10.0 Å². The standard InChI is InChI=1S/C11H16N2O4S/c1-2-17-10-6-4-3-5-9(10)11(14)13-7-8-18(12,15)16/h3-6H,2,7-8H2,1H3,(H,13,14)(H2,12,15,16). The van der Waals surface area contributed by atoms with Crippen LogP contribution in [0, 0.1) is 0 Å². The van der Waals surface area contributed by atoms with Crippen molar-refractivity contribution in [2.75, 3.05) is 18.9 Å². The Morgan fingerprint density at radius 3 is 2.67 bits per heavy atom. The fourth-order valence-electron chi connectivity index (χ4n) is 1.34. The average Bonchev–Trinajstić information content (AvgIpc) is 2.28. The second-order valence-corrected chi connectivity index (χ2v) is 5.29. The van der Waals surface area contributed by atoms with Crippen molar-refractivity contribution in [3.05, 3.63) is 29.8 Å². The number of nitrogens with one attached hydrogen (secondary N) is 1. The first kappa shape index (κ1) is 14.5. The van der Waals surface area contributed by atoms with E-state index in [1.807, 2.05) is 6.92 Å². The minimum atomic E-state index is -3.57. The number of amides is 1. The molecule has 0 bridgehead atoms. The van der Waals surface area contributed by atoms with E-state index in [0.29, 0.717) is 17.9 Å². The van der Waals surface area contributed by atoms with Gasteiger partial charge in [-0.3, -0.25) is 4.79 Å². The van der Waals surface area contributed by atoms with Crippen LogP contribution in [0.3, 0.4) is 0 Å². The number of hydrogen-bond acceptors (Lipinski definition) is 4. The molecule has 0 atom stereocenters. The van der Waals surface area contributed by atoms with E-state index in [-0.39, 0.29) is 18.2 Å². The van der Waals surface area contributed by atoms with Crippen LogP contribution >= 0.6 is 0 Å². The molecular weight excluding hydrogens is 256 g/mol. The second-order valence-electron chi connectivity index (χ2n) is 3.55. The second kappa shape index (κ2) is 6.36. The summed E-state index contributed by atoms with van der Waals surface area (Å²) in [6.07, 6.45) is 0. The number of carbonyl (C=O) groups excluding carboxylic acids is 1. The van der Waals surface area contributed by atoms with E-state index >= 15 is 0 Å². The molecule has 0 radical (unpaired) electrons. The molecule has 100 valence electrons. The molecule has 0 aliphatic heterocycles. The Labute approximate surface area is 106 Å². The molecule has 7 heteroatoms. The molecule has 0 unspecified atom stereocenters. The fourth-order valence-corrected chi connectivity index (χ4v) is 1.72. The van der Waals surface area contributed by atoms with Gasteiger partial charge in [0.2, 0.25) is 10.0 Å². The number of carbonyl (C=O) groups is 1. The van der Waals surface area contributed by atoms with Gasteiger partial charge in [-0.05, 0) is 19.1 Å². The van der Waals surface area contributed by atoms with Crippen LogP contribution in [0.4, 0.5) is 0 Å². The molecule has 0 aromatic heterocycles. The van der Waals surface area contributed by atoms with Gasteiger partial charge in [-0.1, -0.05) is 12.1 Å². The summed E-state index contributed by atoms with van der Waals surface area (Å²) in [5.41, 5.74) is 0.369. The summed E-state index contributed by atoms with van der Waals surface area (Å²) in [6, 6.07) is 6.75. The summed E-state index contributed by atoms with van der Waals surface area (Å²) in [5.74, 6) is -0.217. The third-order valence-corrected chi connectivity index (χ3v) is 2.88. The lowest BCUT2D eigenvalue weighted by Gasteiger charge is -2.09. The highest BCUT2D eigenvalue weighted by atomic mass is 32.2. The summed E-state index contributed by atoms with van der Waals surface area (Å²) in [7, 11) is -3.57. The topological polar surface area (TPSA) is 98.5 Å². The predicted octanol–water partition coefficient (Wildman–Crippen LogP) is 0.104. The fraction of sp³-hybridized carbons (Fsp3) is 0.364. The van der Waals surface area contributed by atoms with Gasteiger partial charge in [0.05, 0.1) is 17.9 Å². The Morgan fingerprint density at radius 2 is 2.06 bits per heavy atom. The van der Waals surface area contributed by atoms with Crippen molar-refractivity contribution in [2.45, 2.75) is 6.92 Å². The highest BCUT2D eigenvalue weighted by molar-refractivity contribution is 7.89. The monoisotopic (exact) mass is 272 g/mol. The molecule has 6 nitrogen and oxygen atoms in total. The van der Waals surface area contributed by atoms with Crippen molar-refractivity contribution < 1.29 is 17.9 Å². The zero-order valence-corrected chi connectivity index (χ0v) is 10.9. The Kier molecular flexibility index (Phi) is 5.11. The minimum absolute atomic E-state index is 0.0296. The van der Waals surface area contributed by atoms with Gasteiger partial charge in [0, 0.05) is 6.54 Å². The number of primary sulfonamides is 1. The number of benzene rings is 1. The van der Waals surface area contributed by atoms with Gasteiger partial charge in [-0.2, -0.15) is 0 Å². The third kappa shape index (κ3) is 4.72. The van der Waals surface area contributed by atoms with Crippen molar-refractivity contribution in [1.29, 1.82) is 0 Å². The van der Waals surface area contributed by atoms with Crippen LogP contribution in [0.2, 0.25) is 0 Å². The van der Waals surface area contributed by atoms with E-state index < -0.39 is 10.0 Å². The Balaban J connectivity index is 2.66. The van der Waals surface area contributed by atoms with Crippen LogP contribution in [0.15, 0.2) is 24.3 Å². The molecule has 0 aliphatic carbocycles. The van der Waals surface area contributed by atoms with Gasteiger partial charge < -0.3 is 10.1 Å². The molecule has 3 N–H and O–H groups in total. The molecule has 0 fully saturated rings.